The number of nitrogens with one attached hydrogen (secondary N) is 1. The summed E-state index contributed by atoms with van der Waals surface area (Å²) < 4.78 is 6.17. The van der Waals surface area contributed by atoms with Crippen LogP contribution in [0.1, 0.15) is 37.5 Å². The van der Waals surface area contributed by atoms with E-state index in [0.717, 1.165) is 39.3 Å². The molecule has 1 heterocycles. The van der Waals surface area contributed by atoms with Gasteiger partial charge in [0.05, 0.1) is 12.1 Å². The number of aliphatic hydroxyl groups is 1. The third kappa shape index (κ3) is 3.92. The molecule has 148 valence electrons. The van der Waals surface area contributed by atoms with E-state index in [2.05, 4.69) is 62.5 Å². The molecule has 0 saturated carbocycles. The predicted molar refractivity (Wildman–Crippen MR) is 120 cm³/mol. The van der Waals surface area contributed by atoms with E-state index in [9.17, 15) is 5.11 Å². The Morgan fingerprint density at radius 1 is 0.897 bits per heavy atom. The molecule has 0 unspecified atom stereocenters. The smallest absolute Gasteiger partial charge is 0.127 e. The molecule has 3 nitrogen and oxygen atoms in total. The van der Waals surface area contributed by atoms with Crippen LogP contribution in [0, 0.1) is 0 Å². The summed E-state index contributed by atoms with van der Waals surface area (Å²) in [4.78, 5) is 0. The first-order chi connectivity index (χ1) is 14.0. The molecule has 0 aliphatic carbocycles. The third-order valence-electron chi connectivity index (χ3n) is 5.31. The molecule has 0 atom stereocenters. The Hall–Kier alpha value is -3.04. The maximum atomic E-state index is 10.3. The average molecular weight is 386 g/mol. The summed E-state index contributed by atoms with van der Waals surface area (Å²) in [6.07, 6.45) is 2.22. The van der Waals surface area contributed by atoms with Gasteiger partial charge in [-0.25, -0.2) is 0 Å². The van der Waals surface area contributed by atoms with Gasteiger partial charge in [0.15, 0.2) is 0 Å². The molecule has 29 heavy (non-hydrogen) atoms. The number of fused-ring (bicyclic) bond motifs is 1. The lowest BCUT2D eigenvalue weighted by Gasteiger charge is -2.33. The first-order valence-electron chi connectivity index (χ1n) is 9.99. The number of allylic oxidation sites excluding steroid dienone is 1. The van der Waals surface area contributed by atoms with E-state index < -0.39 is 0 Å². The van der Waals surface area contributed by atoms with Gasteiger partial charge >= 0.3 is 0 Å². The molecule has 0 saturated heterocycles. The summed E-state index contributed by atoms with van der Waals surface area (Å²) in [5.41, 5.74) is 7.26. The third-order valence-corrected chi connectivity index (χ3v) is 5.31. The van der Waals surface area contributed by atoms with E-state index in [0.29, 0.717) is 6.61 Å². The lowest BCUT2D eigenvalue weighted by molar-refractivity contribution is 0.282. The molecule has 0 fully saturated rings. The summed E-state index contributed by atoms with van der Waals surface area (Å²) in [5.74, 6) is 0.816. The van der Waals surface area contributed by atoms with E-state index in [1.165, 1.54) is 5.57 Å². The molecule has 0 spiro atoms. The minimum atomic E-state index is -0.109. The molecule has 0 radical (unpaired) electrons. The van der Waals surface area contributed by atoms with Crippen LogP contribution in [0.15, 0.2) is 72.8 Å². The second-order valence-electron chi connectivity index (χ2n) is 8.12. The number of rotatable bonds is 5. The van der Waals surface area contributed by atoms with Crippen LogP contribution in [-0.4, -0.2) is 10.6 Å². The van der Waals surface area contributed by atoms with Crippen molar-refractivity contribution in [3.05, 3.63) is 89.5 Å². The van der Waals surface area contributed by atoms with Crippen LogP contribution in [0.4, 0.5) is 5.69 Å². The van der Waals surface area contributed by atoms with E-state index in [1.807, 2.05) is 36.4 Å². The fourth-order valence-corrected chi connectivity index (χ4v) is 4.17. The Labute approximate surface area is 172 Å². The van der Waals surface area contributed by atoms with Gasteiger partial charge in [0, 0.05) is 16.8 Å². The lowest BCUT2D eigenvalue weighted by atomic mass is 9.85. The van der Waals surface area contributed by atoms with Gasteiger partial charge in [0.25, 0.3) is 0 Å². The summed E-state index contributed by atoms with van der Waals surface area (Å²) in [7, 11) is 0. The van der Waals surface area contributed by atoms with Gasteiger partial charge in [0.2, 0.25) is 0 Å². The van der Waals surface area contributed by atoms with Crippen molar-refractivity contribution in [2.45, 2.75) is 39.5 Å². The van der Waals surface area contributed by atoms with Crippen LogP contribution < -0.4 is 10.1 Å². The second-order valence-corrected chi connectivity index (χ2v) is 8.12. The van der Waals surface area contributed by atoms with Crippen LogP contribution >= 0.6 is 0 Å². The Bertz CT molecular complexity index is 1050. The van der Waals surface area contributed by atoms with Crippen molar-refractivity contribution in [1.29, 1.82) is 0 Å². The highest BCUT2D eigenvalue weighted by Crippen LogP contribution is 2.42. The van der Waals surface area contributed by atoms with Gasteiger partial charge in [-0.3, -0.25) is 0 Å². The van der Waals surface area contributed by atoms with Gasteiger partial charge < -0.3 is 15.2 Å². The number of hydrogen-bond acceptors (Lipinski definition) is 3. The molecule has 2 N–H and O–H groups in total. The summed E-state index contributed by atoms with van der Waals surface area (Å²) in [6, 6.07) is 22.4. The molecule has 1 aliphatic heterocycles. The highest BCUT2D eigenvalue weighted by Gasteiger charge is 2.26. The van der Waals surface area contributed by atoms with Crippen molar-refractivity contribution < 1.29 is 9.84 Å². The summed E-state index contributed by atoms with van der Waals surface area (Å²) >= 11 is 0. The van der Waals surface area contributed by atoms with Crippen LogP contribution in [0.3, 0.4) is 0 Å². The Balaban J connectivity index is 1.76. The Morgan fingerprint density at radius 2 is 1.62 bits per heavy atom. The Morgan fingerprint density at radius 3 is 2.38 bits per heavy atom. The normalized spacial score (nSPS) is 14.6. The topological polar surface area (TPSA) is 41.5 Å². The summed E-state index contributed by atoms with van der Waals surface area (Å²) in [6.45, 7) is 6.89. The van der Waals surface area contributed by atoms with Crippen LogP contribution in [0.2, 0.25) is 0 Å². The number of aliphatic hydroxyl groups excluding tert-OH is 1. The first-order valence-corrected chi connectivity index (χ1v) is 9.99. The van der Waals surface area contributed by atoms with Gasteiger partial charge in [-0.05, 0) is 55.2 Å². The molecule has 0 bridgehead atoms. The van der Waals surface area contributed by atoms with Gasteiger partial charge in [-0.15, -0.1) is 0 Å². The maximum Gasteiger partial charge on any atom is 0.127 e. The van der Waals surface area contributed by atoms with Crippen molar-refractivity contribution in [3.8, 4) is 16.9 Å². The quantitative estimate of drug-likeness (QED) is 0.563. The lowest BCUT2D eigenvalue weighted by Crippen LogP contribution is -2.31. The van der Waals surface area contributed by atoms with Crippen molar-refractivity contribution in [1.82, 2.24) is 0 Å². The van der Waals surface area contributed by atoms with Gasteiger partial charge in [-0.1, -0.05) is 60.7 Å². The van der Waals surface area contributed by atoms with E-state index >= 15 is 0 Å². The maximum absolute atomic E-state index is 10.3. The van der Waals surface area contributed by atoms with Crippen LogP contribution in [-0.2, 0) is 13.2 Å². The largest absolute Gasteiger partial charge is 0.488 e. The minimum absolute atomic E-state index is 0.0290. The summed E-state index contributed by atoms with van der Waals surface area (Å²) in [5, 5.41) is 13.8. The highest BCUT2D eigenvalue weighted by atomic mass is 16.5. The fraction of sp³-hybridized carbons (Fsp3) is 0.231. The number of ether oxygens (including phenoxy) is 1. The predicted octanol–water partition coefficient (Wildman–Crippen LogP) is 6.03. The van der Waals surface area contributed by atoms with Crippen molar-refractivity contribution >= 4 is 11.3 Å². The number of hydrogen-bond donors (Lipinski definition) is 2. The van der Waals surface area contributed by atoms with E-state index in [-0.39, 0.29) is 12.1 Å². The number of anilines is 1. The van der Waals surface area contributed by atoms with Crippen molar-refractivity contribution in [3.63, 3.8) is 0 Å². The van der Waals surface area contributed by atoms with Gasteiger partial charge in [0.1, 0.15) is 12.4 Å². The van der Waals surface area contributed by atoms with E-state index in [1.54, 1.807) is 0 Å². The first kappa shape index (κ1) is 19.3. The molecule has 3 aromatic rings. The van der Waals surface area contributed by atoms with Crippen LogP contribution in [0.5, 0.6) is 5.75 Å². The zero-order chi connectivity index (χ0) is 20.4. The molecule has 1 aliphatic rings. The molecule has 3 heteroatoms. The van der Waals surface area contributed by atoms with Crippen molar-refractivity contribution in [2.75, 3.05) is 5.32 Å². The molecule has 0 amide bonds. The minimum Gasteiger partial charge on any atom is -0.488 e. The molecule has 4 rings (SSSR count). The van der Waals surface area contributed by atoms with E-state index in [4.69, 9.17) is 4.74 Å². The zero-order valence-corrected chi connectivity index (χ0v) is 17.2. The number of para-hydroxylation sites is 1. The Kier molecular flexibility index (Phi) is 5.16. The van der Waals surface area contributed by atoms with Gasteiger partial charge in [-0.2, -0.15) is 0 Å². The molecule has 3 aromatic carbocycles. The van der Waals surface area contributed by atoms with Crippen molar-refractivity contribution in [2.24, 2.45) is 0 Å². The monoisotopic (exact) mass is 385 g/mol. The second kappa shape index (κ2) is 7.76. The SMILES string of the molecule is CC1=CC(C)(C)Nc2ccc(-c3ccccc3OCc3ccccc3)c(CO)c21. The standard InChI is InChI=1S/C26H27NO2/c1-18-15-26(2,3)27-23-14-13-20(22(16-28)25(18)23)21-11-7-8-12-24(21)29-17-19-9-5-4-6-10-19/h4-15,27-28H,16-17H2,1-3H3. The van der Waals surface area contributed by atoms with Crippen LogP contribution in [0.25, 0.3) is 16.7 Å². The highest BCUT2D eigenvalue weighted by molar-refractivity contribution is 5.88. The number of benzene rings is 3. The fourth-order valence-electron chi connectivity index (χ4n) is 4.17. The molecular formula is C26H27NO2. The average Bonchev–Trinajstić information content (AvgIpc) is 2.71. The molecule has 0 aromatic heterocycles. The molecular weight excluding hydrogens is 358 g/mol. The zero-order valence-electron chi connectivity index (χ0n) is 17.2.